The summed E-state index contributed by atoms with van der Waals surface area (Å²) in [4.78, 5) is 4.46. The normalized spacial score (nSPS) is 10.7. The zero-order valence-electron chi connectivity index (χ0n) is 10.3. The van der Waals surface area contributed by atoms with Gasteiger partial charge in [0, 0.05) is 19.2 Å². The van der Waals surface area contributed by atoms with Crippen LogP contribution in [0.25, 0.3) is 0 Å². The van der Waals surface area contributed by atoms with Gasteiger partial charge in [-0.05, 0) is 24.9 Å². The van der Waals surface area contributed by atoms with Crippen LogP contribution in [0.1, 0.15) is 17.0 Å². The summed E-state index contributed by atoms with van der Waals surface area (Å²) < 4.78 is 2.08. The van der Waals surface area contributed by atoms with Crippen molar-refractivity contribution in [3.05, 3.63) is 53.6 Å². The van der Waals surface area contributed by atoms with Gasteiger partial charge in [-0.25, -0.2) is 4.98 Å². The van der Waals surface area contributed by atoms with Crippen LogP contribution in [0.5, 0.6) is 0 Å². The number of hydrogen-bond acceptors (Lipinski definition) is 2. The van der Waals surface area contributed by atoms with E-state index in [9.17, 15) is 0 Å². The molecule has 1 aromatic heterocycles. The molecule has 3 heteroatoms. The average molecular weight is 229 g/mol. The van der Waals surface area contributed by atoms with Gasteiger partial charge in [0.15, 0.2) is 0 Å². The summed E-state index contributed by atoms with van der Waals surface area (Å²) in [7, 11) is 2.03. The Morgan fingerprint density at radius 2 is 1.88 bits per heavy atom. The Hall–Kier alpha value is -1.61. The summed E-state index contributed by atoms with van der Waals surface area (Å²) in [5.41, 5.74) is 9.43. The molecule has 2 aromatic rings. The number of nitrogens with two attached hydrogens (primary N) is 1. The monoisotopic (exact) mass is 229 g/mol. The highest BCUT2D eigenvalue weighted by molar-refractivity contribution is 5.19. The number of imidazole rings is 1. The van der Waals surface area contributed by atoms with E-state index in [1.807, 2.05) is 19.4 Å². The van der Waals surface area contributed by atoms with Crippen molar-refractivity contribution in [2.75, 3.05) is 6.54 Å². The van der Waals surface area contributed by atoms with Crippen LogP contribution in [0.15, 0.2) is 36.7 Å². The molecule has 17 heavy (non-hydrogen) atoms. The molecular formula is C14H19N3. The van der Waals surface area contributed by atoms with Crippen molar-refractivity contribution in [3.8, 4) is 0 Å². The summed E-state index contributed by atoms with van der Waals surface area (Å²) in [6.45, 7) is 0.678. The van der Waals surface area contributed by atoms with Gasteiger partial charge in [0.2, 0.25) is 0 Å². The van der Waals surface area contributed by atoms with Crippen molar-refractivity contribution < 1.29 is 0 Å². The minimum Gasteiger partial charge on any atom is -0.337 e. The second-order valence-electron chi connectivity index (χ2n) is 4.27. The summed E-state index contributed by atoms with van der Waals surface area (Å²) >= 11 is 0. The number of aromatic nitrogens is 2. The molecule has 3 nitrogen and oxygen atoms in total. The van der Waals surface area contributed by atoms with Crippen LogP contribution >= 0.6 is 0 Å². The largest absolute Gasteiger partial charge is 0.337 e. The number of aryl methyl sites for hydroxylation is 3. The molecule has 2 N–H and O–H groups in total. The fourth-order valence-corrected chi connectivity index (χ4v) is 2.08. The second kappa shape index (κ2) is 5.64. The first-order valence-electron chi connectivity index (χ1n) is 6.04. The van der Waals surface area contributed by atoms with Crippen molar-refractivity contribution in [3.63, 3.8) is 0 Å². The number of nitrogens with zero attached hydrogens (tertiary/aromatic N) is 2. The Kier molecular flexibility index (Phi) is 3.94. The van der Waals surface area contributed by atoms with Crippen LogP contribution in [0, 0.1) is 0 Å². The van der Waals surface area contributed by atoms with Crippen LogP contribution in [0.4, 0.5) is 0 Å². The van der Waals surface area contributed by atoms with Crippen molar-refractivity contribution >= 4 is 0 Å². The van der Waals surface area contributed by atoms with E-state index < -0.39 is 0 Å². The predicted octanol–water partition coefficient (Wildman–Crippen LogP) is 1.71. The molecule has 0 aliphatic rings. The topological polar surface area (TPSA) is 43.8 Å². The third kappa shape index (κ3) is 2.94. The average Bonchev–Trinajstić information content (AvgIpc) is 2.70. The summed E-state index contributed by atoms with van der Waals surface area (Å²) in [5.74, 6) is 0. The van der Waals surface area contributed by atoms with Crippen molar-refractivity contribution in [2.45, 2.75) is 19.3 Å². The highest BCUT2D eigenvalue weighted by Crippen LogP contribution is 2.11. The van der Waals surface area contributed by atoms with Crippen LogP contribution < -0.4 is 5.73 Å². The summed E-state index contributed by atoms with van der Waals surface area (Å²) in [5, 5.41) is 0. The molecule has 0 radical (unpaired) electrons. The van der Waals surface area contributed by atoms with Gasteiger partial charge in [-0.15, -0.1) is 0 Å². The second-order valence-corrected chi connectivity index (χ2v) is 4.27. The van der Waals surface area contributed by atoms with Crippen molar-refractivity contribution in [1.29, 1.82) is 0 Å². The first kappa shape index (κ1) is 11.9. The first-order valence-corrected chi connectivity index (χ1v) is 6.04. The lowest BCUT2D eigenvalue weighted by molar-refractivity contribution is 0.786. The van der Waals surface area contributed by atoms with Gasteiger partial charge in [-0.3, -0.25) is 0 Å². The van der Waals surface area contributed by atoms with Crippen molar-refractivity contribution in [1.82, 2.24) is 9.55 Å². The molecule has 1 heterocycles. The minimum atomic E-state index is 0.678. The predicted molar refractivity (Wildman–Crippen MR) is 69.8 cm³/mol. The van der Waals surface area contributed by atoms with Crippen LogP contribution in [0.3, 0.4) is 0 Å². The van der Waals surface area contributed by atoms with Gasteiger partial charge in [0.1, 0.15) is 0 Å². The number of rotatable bonds is 5. The lowest BCUT2D eigenvalue weighted by atomic mass is 10.1. The standard InChI is InChI=1S/C14H19N3/c1-17-11-16-13(14(17)9-10-15)8-7-12-5-3-2-4-6-12/h2-6,11H,7-10,15H2,1H3. The molecule has 0 saturated carbocycles. The van der Waals surface area contributed by atoms with Crippen molar-refractivity contribution in [2.24, 2.45) is 12.8 Å². The molecule has 0 amide bonds. The lowest BCUT2D eigenvalue weighted by Gasteiger charge is -2.04. The quantitative estimate of drug-likeness (QED) is 0.848. The molecule has 0 bridgehead atoms. The molecule has 0 aliphatic carbocycles. The minimum absolute atomic E-state index is 0.678. The number of benzene rings is 1. The Morgan fingerprint density at radius 3 is 2.59 bits per heavy atom. The maximum absolute atomic E-state index is 5.62. The third-order valence-corrected chi connectivity index (χ3v) is 3.02. The molecule has 0 saturated heterocycles. The van der Waals surface area contributed by atoms with E-state index in [1.54, 1.807) is 0 Å². The van der Waals surface area contributed by atoms with E-state index in [2.05, 4.69) is 33.8 Å². The third-order valence-electron chi connectivity index (χ3n) is 3.02. The van der Waals surface area contributed by atoms with Gasteiger partial charge < -0.3 is 10.3 Å². The fourth-order valence-electron chi connectivity index (χ4n) is 2.08. The van der Waals surface area contributed by atoms with Gasteiger partial charge in [-0.2, -0.15) is 0 Å². The molecule has 0 unspecified atom stereocenters. The van der Waals surface area contributed by atoms with E-state index in [4.69, 9.17) is 5.73 Å². The van der Waals surface area contributed by atoms with Gasteiger partial charge in [0.25, 0.3) is 0 Å². The van der Waals surface area contributed by atoms with E-state index in [1.165, 1.54) is 17.0 Å². The highest BCUT2D eigenvalue weighted by atomic mass is 15.0. The molecule has 0 fully saturated rings. The number of hydrogen-bond donors (Lipinski definition) is 1. The molecule has 1 aromatic carbocycles. The first-order chi connectivity index (χ1) is 8.31. The van der Waals surface area contributed by atoms with E-state index in [-0.39, 0.29) is 0 Å². The van der Waals surface area contributed by atoms with Gasteiger partial charge in [-0.1, -0.05) is 30.3 Å². The van der Waals surface area contributed by atoms with Crippen LogP contribution in [-0.2, 0) is 26.3 Å². The SMILES string of the molecule is Cn1cnc(CCc2ccccc2)c1CCN. The Labute approximate surface area is 102 Å². The lowest BCUT2D eigenvalue weighted by Crippen LogP contribution is -2.09. The van der Waals surface area contributed by atoms with Gasteiger partial charge >= 0.3 is 0 Å². The highest BCUT2D eigenvalue weighted by Gasteiger charge is 2.07. The zero-order valence-corrected chi connectivity index (χ0v) is 10.3. The molecule has 0 atom stereocenters. The van der Waals surface area contributed by atoms with Gasteiger partial charge in [0.05, 0.1) is 12.0 Å². The van der Waals surface area contributed by atoms with E-state index in [0.29, 0.717) is 6.54 Å². The molecule has 2 rings (SSSR count). The Balaban J connectivity index is 2.04. The Bertz CT molecular complexity index is 460. The summed E-state index contributed by atoms with van der Waals surface area (Å²) in [6, 6.07) is 10.5. The molecule has 0 spiro atoms. The van der Waals surface area contributed by atoms with Crippen LogP contribution in [-0.4, -0.2) is 16.1 Å². The molecule has 90 valence electrons. The smallest absolute Gasteiger partial charge is 0.0949 e. The maximum atomic E-state index is 5.62. The molecular weight excluding hydrogens is 210 g/mol. The molecule has 0 aliphatic heterocycles. The Morgan fingerprint density at radius 1 is 1.12 bits per heavy atom. The van der Waals surface area contributed by atoms with E-state index in [0.717, 1.165) is 19.3 Å². The maximum Gasteiger partial charge on any atom is 0.0949 e. The van der Waals surface area contributed by atoms with Crippen LogP contribution in [0.2, 0.25) is 0 Å². The van der Waals surface area contributed by atoms with E-state index >= 15 is 0 Å². The zero-order chi connectivity index (χ0) is 12.1. The summed E-state index contributed by atoms with van der Waals surface area (Å²) in [6.07, 6.45) is 4.81. The fraction of sp³-hybridized carbons (Fsp3) is 0.357.